The van der Waals surface area contributed by atoms with Crippen molar-refractivity contribution in [1.29, 1.82) is 0 Å². The van der Waals surface area contributed by atoms with Gasteiger partial charge in [-0.15, -0.1) is 0 Å². The number of likely N-dealkylation sites (tertiary alicyclic amines) is 1. The van der Waals surface area contributed by atoms with Crippen LogP contribution in [0.1, 0.15) is 52.8 Å². The van der Waals surface area contributed by atoms with Crippen LogP contribution in [0.15, 0.2) is 24.3 Å². The van der Waals surface area contributed by atoms with E-state index in [0.717, 1.165) is 26.1 Å². The maximum Gasteiger partial charge on any atom is 0.333 e. The highest BCUT2D eigenvalue weighted by molar-refractivity contribution is 6.20. The van der Waals surface area contributed by atoms with E-state index in [9.17, 15) is 14.4 Å². The molecule has 1 saturated heterocycles. The zero-order valence-corrected chi connectivity index (χ0v) is 13.0. The fraction of sp³-hybridized carbons (Fsp3) is 0.471. The molecule has 1 aromatic rings. The van der Waals surface area contributed by atoms with Crippen LogP contribution in [-0.2, 0) is 9.63 Å². The van der Waals surface area contributed by atoms with Gasteiger partial charge in [-0.1, -0.05) is 17.2 Å². The molecule has 0 unspecified atom stereocenters. The first-order valence-corrected chi connectivity index (χ1v) is 8.08. The van der Waals surface area contributed by atoms with E-state index in [2.05, 4.69) is 4.90 Å². The normalized spacial score (nSPS) is 17.7. The van der Waals surface area contributed by atoms with Gasteiger partial charge in [-0.3, -0.25) is 9.59 Å². The standard InChI is InChI=1S/C17H20N2O4/c20-15(9-3-4-10-18-11-5-6-12-18)23-19-16(21)13-7-1-2-8-14(13)17(19)22/h1-2,7-8H,3-6,9-12H2. The number of unbranched alkanes of at least 4 members (excludes halogenated alkanes) is 1. The lowest BCUT2D eigenvalue weighted by atomic mass is 10.1. The van der Waals surface area contributed by atoms with E-state index in [4.69, 9.17) is 4.84 Å². The first-order chi connectivity index (χ1) is 11.2. The van der Waals surface area contributed by atoms with Crippen molar-refractivity contribution < 1.29 is 19.2 Å². The van der Waals surface area contributed by atoms with Gasteiger partial charge in [0.25, 0.3) is 11.8 Å². The third kappa shape index (κ3) is 3.42. The summed E-state index contributed by atoms with van der Waals surface area (Å²) in [6.07, 6.45) is 4.32. The SMILES string of the molecule is O=C(CCCCN1CCCC1)ON1C(=O)c2ccccc2C1=O. The first kappa shape index (κ1) is 15.7. The van der Waals surface area contributed by atoms with Crippen LogP contribution in [0.4, 0.5) is 0 Å². The van der Waals surface area contributed by atoms with Crippen LogP contribution in [-0.4, -0.2) is 47.4 Å². The van der Waals surface area contributed by atoms with Crippen LogP contribution in [0, 0.1) is 0 Å². The minimum absolute atomic E-state index is 0.210. The number of hydrogen-bond donors (Lipinski definition) is 0. The summed E-state index contributed by atoms with van der Waals surface area (Å²) in [5.41, 5.74) is 0.554. The smallest absolute Gasteiger partial charge is 0.330 e. The lowest BCUT2D eigenvalue weighted by Gasteiger charge is -2.14. The van der Waals surface area contributed by atoms with E-state index in [1.807, 2.05) is 0 Å². The Hall–Kier alpha value is -2.21. The maximum atomic E-state index is 12.1. The molecule has 0 N–H and O–H groups in total. The molecule has 0 aliphatic carbocycles. The molecule has 0 radical (unpaired) electrons. The second-order valence-corrected chi connectivity index (χ2v) is 5.92. The maximum absolute atomic E-state index is 12.1. The number of fused-ring (bicyclic) bond motifs is 1. The van der Waals surface area contributed by atoms with Gasteiger partial charge in [-0.25, -0.2) is 4.79 Å². The molecular formula is C17H20N2O4. The van der Waals surface area contributed by atoms with Crippen molar-refractivity contribution in [2.75, 3.05) is 19.6 Å². The average molecular weight is 316 g/mol. The van der Waals surface area contributed by atoms with Gasteiger partial charge in [0.2, 0.25) is 0 Å². The van der Waals surface area contributed by atoms with E-state index in [-0.39, 0.29) is 17.5 Å². The van der Waals surface area contributed by atoms with Gasteiger partial charge in [0.05, 0.1) is 11.1 Å². The molecule has 1 aromatic carbocycles. The number of imide groups is 1. The number of rotatable bonds is 6. The highest BCUT2D eigenvalue weighted by atomic mass is 16.7. The first-order valence-electron chi connectivity index (χ1n) is 8.08. The Morgan fingerprint density at radius 1 is 1.00 bits per heavy atom. The zero-order chi connectivity index (χ0) is 16.2. The molecule has 0 atom stereocenters. The molecule has 0 aromatic heterocycles. The minimum Gasteiger partial charge on any atom is -0.330 e. The van der Waals surface area contributed by atoms with Gasteiger partial charge in [-0.2, -0.15) is 0 Å². The summed E-state index contributed by atoms with van der Waals surface area (Å²) in [6.45, 7) is 3.26. The fourth-order valence-electron chi connectivity index (χ4n) is 3.01. The fourth-order valence-corrected chi connectivity index (χ4v) is 3.01. The topological polar surface area (TPSA) is 66.9 Å². The number of hydrogen-bond acceptors (Lipinski definition) is 5. The molecule has 122 valence electrons. The van der Waals surface area contributed by atoms with Crippen molar-refractivity contribution in [1.82, 2.24) is 9.96 Å². The van der Waals surface area contributed by atoms with Gasteiger partial charge in [0.1, 0.15) is 0 Å². The third-order valence-electron chi connectivity index (χ3n) is 4.25. The molecular weight excluding hydrogens is 296 g/mol. The van der Waals surface area contributed by atoms with E-state index in [0.29, 0.717) is 11.5 Å². The summed E-state index contributed by atoms with van der Waals surface area (Å²) < 4.78 is 0. The molecule has 6 heteroatoms. The van der Waals surface area contributed by atoms with Crippen LogP contribution in [0.3, 0.4) is 0 Å². The highest BCUT2D eigenvalue weighted by Crippen LogP contribution is 2.23. The molecule has 23 heavy (non-hydrogen) atoms. The lowest BCUT2D eigenvalue weighted by Crippen LogP contribution is -2.32. The van der Waals surface area contributed by atoms with Crippen molar-refractivity contribution in [3.8, 4) is 0 Å². The molecule has 0 spiro atoms. The second kappa shape index (κ2) is 6.91. The number of carbonyl (C=O) groups is 3. The molecule has 2 amide bonds. The highest BCUT2D eigenvalue weighted by Gasteiger charge is 2.38. The molecule has 2 aliphatic heterocycles. The summed E-state index contributed by atoms with van der Waals surface area (Å²) >= 11 is 0. The molecule has 6 nitrogen and oxygen atoms in total. The monoisotopic (exact) mass is 316 g/mol. The van der Waals surface area contributed by atoms with Gasteiger partial charge in [0, 0.05) is 6.42 Å². The predicted molar refractivity (Wildman–Crippen MR) is 82.6 cm³/mol. The Kier molecular flexibility index (Phi) is 4.71. The number of nitrogens with zero attached hydrogens (tertiary/aromatic N) is 2. The molecule has 0 saturated carbocycles. The molecule has 1 fully saturated rings. The Labute approximate surface area is 135 Å². The molecule has 2 heterocycles. The van der Waals surface area contributed by atoms with Gasteiger partial charge >= 0.3 is 5.97 Å². The van der Waals surface area contributed by atoms with Crippen LogP contribution >= 0.6 is 0 Å². The van der Waals surface area contributed by atoms with Gasteiger partial charge in [-0.05, 0) is 57.5 Å². The van der Waals surface area contributed by atoms with Crippen LogP contribution in [0.25, 0.3) is 0 Å². The molecule has 0 bridgehead atoms. The summed E-state index contributed by atoms with van der Waals surface area (Å²) in [4.78, 5) is 43.3. The molecule has 3 rings (SSSR count). The number of hydroxylamine groups is 2. The van der Waals surface area contributed by atoms with Crippen molar-refractivity contribution in [3.63, 3.8) is 0 Å². The second-order valence-electron chi connectivity index (χ2n) is 5.92. The summed E-state index contributed by atoms with van der Waals surface area (Å²) in [6, 6.07) is 6.46. The third-order valence-corrected chi connectivity index (χ3v) is 4.25. The number of amides is 2. The largest absolute Gasteiger partial charge is 0.333 e. The van der Waals surface area contributed by atoms with Crippen LogP contribution in [0.2, 0.25) is 0 Å². The average Bonchev–Trinajstić information content (AvgIpc) is 3.15. The molecule has 2 aliphatic rings. The van der Waals surface area contributed by atoms with E-state index in [1.165, 1.54) is 12.8 Å². The summed E-state index contributed by atoms with van der Waals surface area (Å²) in [5, 5.41) is 0.577. The minimum atomic E-state index is -0.573. The predicted octanol–water partition coefficient (Wildman–Crippen LogP) is 2.01. The number of carbonyl (C=O) groups excluding carboxylic acids is 3. The Morgan fingerprint density at radius 2 is 1.61 bits per heavy atom. The van der Waals surface area contributed by atoms with E-state index < -0.39 is 17.8 Å². The van der Waals surface area contributed by atoms with Crippen molar-refractivity contribution >= 4 is 17.8 Å². The lowest BCUT2D eigenvalue weighted by molar-refractivity contribution is -0.168. The summed E-state index contributed by atoms with van der Waals surface area (Å²) in [7, 11) is 0. The van der Waals surface area contributed by atoms with Crippen LogP contribution < -0.4 is 0 Å². The number of benzene rings is 1. The Morgan fingerprint density at radius 3 is 2.22 bits per heavy atom. The van der Waals surface area contributed by atoms with Gasteiger partial charge in [0.15, 0.2) is 0 Å². The van der Waals surface area contributed by atoms with Crippen molar-refractivity contribution in [3.05, 3.63) is 35.4 Å². The van der Waals surface area contributed by atoms with Gasteiger partial charge < -0.3 is 9.74 Å². The summed E-state index contributed by atoms with van der Waals surface area (Å²) in [5.74, 6) is -1.69. The van der Waals surface area contributed by atoms with Crippen molar-refractivity contribution in [2.24, 2.45) is 0 Å². The Balaban J connectivity index is 1.45. The van der Waals surface area contributed by atoms with E-state index >= 15 is 0 Å². The zero-order valence-electron chi connectivity index (χ0n) is 13.0. The van der Waals surface area contributed by atoms with Crippen LogP contribution in [0.5, 0.6) is 0 Å². The van der Waals surface area contributed by atoms with Crippen molar-refractivity contribution in [2.45, 2.75) is 32.1 Å². The van der Waals surface area contributed by atoms with E-state index in [1.54, 1.807) is 24.3 Å². The quantitative estimate of drug-likeness (QED) is 0.593. The Bertz CT molecular complexity index is 588.